The summed E-state index contributed by atoms with van der Waals surface area (Å²) in [6.07, 6.45) is 6.80. The molecule has 5 atom stereocenters. The van der Waals surface area contributed by atoms with E-state index in [-0.39, 0.29) is 17.5 Å². The molecule has 14 rings (SSSR count). The van der Waals surface area contributed by atoms with Crippen molar-refractivity contribution in [2.45, 2.75) is 84.5 Å². The molecule has 1 spiro atoms. The molecule has 2 heteroatoms. The van der Waals surface area contributed by atoms with E-state index >= 15 is 0 Å². The fourth-order valence-corrected chi connectivity index (χ4v) is 22.1. The van der Waals surface area contributed by atoms with Gasteiger partial charge >= 0.3 is 0 Å². The number of fused-ring (bicyclic) bond motifs is 4. The molecular weight excluding hydrogens is 880 g/mol. The molecule has 1 aliphatic heterocycles. The van der Waals surface area contributed by atoms with E-state index < -0.39 is 8.07 Å². The molecule has 0 nitrogen and oxygen atoms in total. The van der Waals surface area contributed by atoms with Crippen LogP contribution in [0, 0.1) is 58.8 Å². The highest BCUT2D eigenvalue weighted by Gasteiger charge is 2.84. The minimum absolute atomic E-state index is 0.146. The van der Waals surface area contributed by atoms with Crippen LogP contribution < -0.4 is 37.1 Å². The summed E-state index contributed by atoms with van der Waals surface area (Å²) < 4.78 is 0. The van der Waals surface area contributed by atoms with Crippen molar-refractivity contribution >= 4 is 51.9 Å². The van der Waals surface area contributed by atoms with Crippen molar-refractivity contribution in [2.75, 3.05) is 0 Å². The summed E-state index contributed by atoms with van der Waals surface area (Å²) in [6.45, 7) is 13.8. The van der Waals surface area contributed by atoms with Gasteiger partial charge in [0.1, 0.15) is 0 Å². The maximum absolute atomic E-state index is 2.60. The maximum Gasteiger partial charge on any atom is 0.242 e. The molecule has 0 amide bonds. The van der Waals surface area contributed by atoms with Gasteiger partial charge in [0.25, 0.3) is 0 Å². The number of rotatable bonds is 9. The summed E-state index contributed by atoms with van der Waals surface area (Å²) in [5.41, 5.74) is 24.5. The van der Waals surface area contributed by atoms with E-state index in [1.54, 1.807) is 11.1 Å². The molecule has 9 aromatic carbocycles. The number of aryl methyl sites for hydroxylation is 6. The normalized spacial score (nSPS) is 23.4. The topological polar surface area (TPSA) is 0 Å². The van der Waals surface area contributed by atoms with Gasteiger partial charge < -0.3 is 0 Å². The van der Waals surface area contributed by atoms with Gasteiger partial charge in [0, 0.05) is 5.41 Å². The van der Waals surface area contributed by atoms with Crippen molar-refractivity contribution in [3.8, 4) is 33.4 Å². The van der Waals surface area contributed by atoms with Gasteiger partial charge in [-0.1, -0.05) is 244 Å². The monoisotopic (exact) mass is 942 g/mol. The molecule has 9 aromatic rings. The van der Waals surface area contributed by atoms with Crippen molar-refractivity contribution in [1.82, 2.24) is 0 Å². The molecule has 72 heavy (non-hydrogen) atoms. The van der Waals surface area contributed by atoms with Gasteiger partial charge in [-0.05, 0) is 168 Å². The Labute approximate surface area is 429 Å². The lowest BCUT2D eigenvalue weighted by atomic mass is 9.34. The fourth-order valence-electron chi connectivity index (χ4n) is 17.0. The third-order valence-electron chi connectivity index (χ3n) is 19.6. The molecule has 4 fully saturated rings. The lowest BCUT2D eigenvalue weighted by Gasteiger charge is -2.49. The molecule has 5 unspecified atom stereocenters. The van der Waals surface area contributed by atoms with E-state index in [9.17, 15) is 0 Å². The smallest absolute Gasteiger partial charge is 0.0680 e. The van der Waals surface area contributed by atoms with Crippen molar-refractivity contribution in [3.63, 3.8) is 0 Å². The summed E-state index contributed by atoms with van der Waals surface area (Å²) >= 11 is 0. The van der Waals surface area contributed by atoms with Crippen LogP contribution in [0.4, 0.5) is 0 Å². The van der Waals surface area contributed by atoms with Crippen LogP contribution in [0.5, 0.6) is 0 Å². The second-order valence-corrected chi connectivity index (χ2v) is 27.2. The summed E-state index contributed by atoms with van der Waals surface area (Å²) in [5.74, 6) is 1.73. The highest BCUT2D eigenvalue weighted by atomic mass is 28.3. The minimum atomic E-state index is -2.50. The molecule has 1 heterocycles. The molecule has 4 aliphatic carbocycles. The standard InChI is InChI=1S/C70H63BSi/c1-45-34-47(3)66(48(4)35-45)71(67-49(5)36-46(2)37-50(67)6)58-19-15-18-54(39-58)53-17-14-16-52(38-53)51-26-28-57(29-27-51)70-43-68(40-55-41-69(70,44-70)63(55)42-68)56-30-32-60(33-31-56)72(59-20-8-7-9-21-59)64-24-12-10-22-61(64)62-23-11-13-25-65(62)72/h7-39,55,63H,40-44H2,1-6H3. The Morgan fingerprint density at radius 3 is 1.54 bits per heavy atom. The largest absolute Gasteiger partial charge is 0.242 e. The Morgan fingerprint density at radius 2 is 0.931 bits per heavy atom. The Kier molecular flexibility index (Phi) is 9.70. The van der Waals surface area contributed by atoms with Crippen LogP contribution in [-0.2, 0) is 10.8 Å². The van der Waals surface area contributed by atoms with E-state index in [1.807, 2.05) is 0 Å². The predicted molar refractivity (Wildman–Crippen MR) is 308 cm³/mol. The third kappa shape index (κ3) is 6.18. The molecular formula is C70H63BSi. The quantitative estimate of drug-likeness (QED) is 0.127. The van der Waals surface area contributed by atoms with Crippen LogP contribution in [0.25, 0.3) is 33.4 Å². The zero-order valence-corrected chi connectivity index (χ0v) is 43.8. The fraction of sp³-hybridized carbons (Fsp3) is 0.229. The highest BCUT2D eigenvalue weighted by Crippen LogP contribution is 2.89. The van der Waals surface area contributed by atoms with Gasteiger partial charge in [0.15, 0.2) is 8.07 Å². The number of hydrogen-bond donors (Lipinski definition) is 0. The van der Waals surface area contributed by atoms with Crippen LogP contribution in [0.15, 0.2) is 200 Å². The molecule has 0 aromatic heterocycles. The van der Waals surface area contributed by atoms with Gasteiger partial charge in [0.05, 0.1) is 0 Å². The van der Waals surface area contributed by atoms with Crippen LogP contribution in [0.2, 0.25) is 0 Å². The number of benzene rings is 9. The van der Waals surface area contributed by atoms with E-state index in [0.29, 0.717) is 5.41 Å². The first-order valence-corrected chi connectivity index (χ1v) is 28.8. The zero-order valence-electron chi connectivity index (χ0n) is 42.8. The Balaban J connectivity index is 0.778. The average molecular weight is 943 g/mol. The first-order valence-electron chi connectivity index (χ1n) is 26.8. The zero-order chi connectivity index (χ0) is 48.7. The van der Waals surface area contributed by atoms with Crippen LogP contribution in [0.1, 0.15) is 76.6 Å². The SMILES string of the molecule is Cc1cc(C)c(B(c2cccc(-c3cccc(-c4ccc(C56CC7(c8ccc([Si]9(c%10ccccc%10)c%10ccccc%10-c%10ccccc%109)cc8)CC8CC5(C6)C8C7)cc4)c3)c2)c2c(C)cc(C)cc2C)c(C)c1. The van der Waals surface area contributed by atoms with Gasteiger partial charge in [-0.25, -0.2) is 0 Å². The molecule has 0 radical (unpaired) electrons. The summed E-state index contributed by atoms with van der Waals surface area (Å²) in [7, 11) is -2.50. The van der Waals surface area contributed by atoms with E-state index in [2.05, 4.69) is 242 Å². The van der Waals surface area contributed by atoms with E-state index in [1.165, 1.54) is 136 Å². The molecule has 0 saturated heterocycles. The molecule has 350 valence electrons. The van der Waals surface area contributed by atoms with Crippen LogP contribution in [0.3, 0.4) is 0 Å². The van der Waals surface area contributed by atoms with Crippen LogP contribution >= 0.6 is 0 Å². The van der Waals surface area contributed by atoms with E-state index in [4.69, 9.17) is 0 Å². The minimum Gasteiger partial charge on any atom is -0.0680 e. The Hall–Kier alpha value is -6.74. The van der Waals surface area contributed by atoms with Gasteiger partial charge in [0.2, 0.25) is 6.71 Å². The first kappa shape index (κ1) is 44.0. The van der Waals surface area contributed by atoms with Gasteiger partial charge in [-0.3, -0.25) is 0 Å². The molecule has 5 aliphatic rings. The van der Waals surface area contributed by atoms with Crippen molar-refractivity contribution < 1.29 is 0 Å². The number of hydrogen-bond acceptors (Lipinski definition) is 0. The predicted octanol–water partition coefficient (Wildman–Crippen LogP) is 12.1. The third-order valence-corrected chi connectivity index (χ3v) is 24.5. The second-order valence-electron chi connectivity index (χ2n) is 23.5. The first-order chi connectivity index (χ1) is 35.0. The Bertz CT molecular complexity index is 3510. The summed E-state index contributed by atoms with van der Waals surface area (Å²) in [5, 5.41) is 6.05. The summed E-state index contributed by atoms with van der Waals surface area (Å²) in [6, 6.07) is 78.6. The lowest BCUT2D eigenvalue weighted by Crippen LogP contribution is -2.72. The maximum atomic E-state index is 2.60. The average Bonchev–Trinajstić information content (AvgIpc) is 3.93. The molecule has 0 N–H and O–H groups in total. The van der Waals surface area contributed by atoms with Crippen molar-refractivity contribution in [3.05, 3.63) is 245 Å². The van der Waals surface area contributed by atoms with Gasteiger partial charge in [-0.15, -0.1) is 0 Å². The molecule has 2 bridgehead atoms. The molecule has 4 saturated carbocycles. The highest BCUT2D eigenvalue weighted by molar-refractivity contribution is 7.22. The van der Waals surface area contributed by atoms with Crippen molar-refractivity contribution in [1.29, 1.82) is 0 Å². The van der Waals surface area contributed by atoms with Gasteiger partial charge in [-0.2, -0.15) is 0 Å². The van der Waals surface area contributed by atoms with Crippen LogP contribution in [-0.4, -0.2) is 14.8 Å². The van der Waals surface area contributed by atoms with Crippen molar-refractivity contribution in [2.24, 2.45) is 17.3 Å². The Morgan fingerprint density at radius 1 is 0.417 bits per heavy atom. The van der Waals surface area contributed by atoms with E-state index in [0.717, 1.165) is 11.8 Å². The lowest BCUT2D eigenvalue weighted by molar-refractivity contribution is 0.0415. The summed E-state index contributed by atoms with van der Waals surface area (Å²) in [4.78, 5) is 0. The second kappa shape index (κ2) is 15.9.